The van der Waals surface area contributed by atoms with Crippen LogP contribution in [-0.4, -0.2) is 10.9 Å². The number of hydrogen-bond donors (Lipinski definition) is 3. The molecule has 0 saturated carbocycles. The topological polar surface area (TPSA) is 94.0 Å². The van der Waals surface area contributed by atoms with Gasteiger partial charge in [0.15, 0.2) is 0 Å². The number of carbonyl (C=O) groups excluding carboxylic acids is 1. The Labute approximate surface area is 118 Å². The van der Waals surface area contributed by atoms with Gasteiger partial charge >= 0.3 is 0 Å². The molecular formula is C15H18N4O. The molecule has 5 heteroatoms. The number of anilines is 2. The highest BCUT2D eigenvalue weighted by atomic mass is 16.1. The zero-order valence-electron chi connectivity index (χ0n) is 11.6. The molecule has 1 unspecified atom stereocenters. The summed E-state index contributed by atoms with van der Waals surface area (Å²) < 4.78 is 0. The van der Waals surface area contributed by atoms with Crippen LogP contribution < -0.4 is 16.8 Å². The standard InChI is InChI=1S/C15H18N4O/c1-9-5-3-4-6-12(9)10(2)19-15-13(14(17)20)7-11(16)8-18-15/h3-8,10H,16H2,1-2H3,(H2,17,20)(H,18,19). The highest BCUT2D eigenvalue weighted by Gasteiger charge is 2.14. The van der Waals surface area contributed by atoms with Gasteiger partial charge < -0.3 is 16.8 Å². The predicted octanol–water partition coefficient (Wildman–Crippen LogP) is 2.24. The van der Waals surface area contributed by atoms with Crippen molar-refractivity contribution in [1.29, 1.82) is 0 Å². The molecular weight excluding hydrogens is 252 g/mol. The van der Waals surface area contributed by atoms with Crippen molar-refractivity contribution in [2.75, 3.05) is 11.1 Å². The first-order valence-corrected chi connectivity index (χ1v) is 6.36. The Kier molecular flexibility index (Phi) is 3.89. The zero-order chi connectivity index (χ0) is 14.7. The van der Waals surface area contributed by atoms with E-state index in [0.29, 0.717) is 17.1 Å². The molecule has 0 aliphatic heterocycles. The lowest BCUT2D eigenvalue weighted by atomic mass is 10.0. The summed E-state index contributed by atoms with van der Waals surface area (Å²) in [5.74, 6) is -0.105. The third-order valence-corrected chi connectivity index (χ3v) is 3.18. The van der Waals surface area contributed by atoms with Crippen LogP contribution in [0.15, 0.2) is 36.5 Å². The Hall–Kier alpha value is -2.56. The van der Waals surface area contributed by atoms with Gasteiger partial charge in [-0.1, -0.05) is 24.3 Å². The molecule has 104 valence electrons. The molecule has 1 heterocycles. The number of aryl methyl sites for hydroxylation is 1. The lowest BCUT2D eigenvalue weighted by Gasteiger charge is -2.18. The van der Waals surface area contributed by atoms with Crippen LogP contribution in [0.5, 0.6) is 0 Å². The van der Waals surface area contributed by atoms with E-state index in [-0.39, 0.29) is 6.04 Å². The molecule has 1 aromatic carbocycles. The summed E-state index contributed by atoms with van der Waals surface area (Å²) in [4.78, 5) is 15.6. The largest absolute Gasteiger partial charge is 0.397 e. The molecule has 0 bridgehead atoms. The third-order valence-electron chi connectivity index (χ3n) is 3.18. The molecule has 5 N–H and O–H groups in total. The average Bonchev–Trinajstić information content (AvgIpc) is 2.41. The fraction of sp³-hybridized carbons (Fsp3) is 0.200. The van der Waals surface area contributed by atoms with E-state index in [9.17, 15) is 4.79 Å². The molecule has 5 nitrogen and oxygen atoms in total. The Balaban J connectivity index is 2.31. The van der Waals surface area contributed by atoms with Gasteiger partial charge in [-0.3, -0.25) is 4.79 Å². The Morgan fingerprint density at radius 1 is 1.35 bits per heavy atom. The number of carbonyl (C=O) groups is 1. The molecule has 0 saturated heterocycles. The molecule has 1 atom stereocenters. The Morgan fingerprint density at radius 2 is 2.05 bits per heavy atom. The van der Waals surface area contributed by atoms with Crippen molar-refractivity contribution >= 4 is 17.4 Å². The molecule has 0 fully saturated rings. The van der Waals surface area contributed by atoms with Gasteiger partial charge in [0.05, 0.1) is 23.5 Å². The maximum Gasteiger partial charge on any atom is 0.252 e. The van der Waals surface area contributed by atoms with Crippen LogP contribution in [0.25, 0.3) is 0 Å². The van der Waals surface area contributed by atoms with Crippen molar-refractivity contribution in [1.82, 2.24) is 4.98 Å². The van der Waals surface area contributed by atoms with Crippen LogP contribution in [0.2, 0.25) is 0 Å². The number of benzene rings is 1. The van der Waals surface area contributed by atoms with E-state index in [2.05, 4.69) is 10.3 Å². The summed E-state index contributed by atoms with van der Waals surface area (Å²) in [5, 5.41) is 3.21. The normalized spacial score (nSPS) is 11.9. The summed E-state index contributed by atoms with van der Waals surface area (Å²) in [6, 6.07) is 9.58. The number of aromatic nitrogens is 1. The zero-order valence-corrected chi connectivity index (χ0v) is 11.6. The first-order chi connectivity index (χ1) is 9.49. The maximum absolute atomic E-state index is 11.4. The lowest BCUT2D eigenvalue weighted by molar-refractivity contribution is 0.100. The fourth-order valence-electron chi connectivity index (χ4n) is 2.14. The lowest BCUT2D eigenvalue weighted by Crippen LogP contribution is -2.18. The van der Waals surface area contributed by atoms with Gasteiger partial charge in [0.1, 0.15) is 5.82 Å². The molecule has 0 radical (unpaired) electrons. The van der Waals surface area contributed by atoms with Gasteiger partial charge in [-0.15, -0.1) is 0 Å². The third kappa shape index (κ3) is 2.88. The molecule has 0 aliphatic rings. The number of hydrogen-bond acceptors (Lipinski definition) is 4. The predicted molar refractivity (Wildman–Crippen MR) is 80.4 cm³/mol. The maximum atomic E-state index is 11.4. The number of nitrogens with two attached hydrogens (primary N) is 2. The van der Waals surface area contributed by atoms with E-state index in [1.807, 2.05) is 38.1 Å². The van der Waals surface area contributed by atoms with Gasteiger partial charge in [0, 0.05) is 0 Å². The molecule has 20 heavy (non-hydrogen) atoms. The summed E-state index contributed by atoms with van der Waals surface area (Å²) in [5.41, 5.74) is 14.0. The van der Waals surface area contributed by atoms with Gasteiger partial charge in [-0.25, -0.2) is 4.98 Å². The number of nitrogens with one attached hydrogen (secondary N) is 1. The number of pyridine rings is 1. The van der Waals surface area contributed by atoms with Gasteiger partial charge in [0.2, 0.25) is 0 Å². The van der Waals surface area contributed by atoms with Crippen molar-refractivity contribution < 1.29 is 4.79 Å². The van der Waals surface area contributed by atoms with Crippen LogP contribution in [0.4, 0.5) is 11.5 Å². The first-order valence-electron chi connectivity index (χ1n) is 6.36. The minimum absolute atomic E-state index is 0.00502. The second kappa shape index (κ2) is 5.61. The second-order valence-electron chi connectivity index (χ2n) is 4.75. The minimum Gasteiger partial charge on any atom is -0.397 e. The number of rotatable bonds is 4. The van der Waals surface area contributed by atoms with Crippen LogP contribution in [0, 0.1) is 6.92 Å². The van der Waals surface area contributed by atoms with Crippen molar-refractivity contribution in [2.45, 2.75) is 19.9 Å². The quantitative estimate of drug-likeness (QED) is 0.794. The summed E-state index contributed by atoms with van der Waals surface area (Å²) in [6.45, 7) is 4.05. The van der Waals surface area contributed by atoms with E-state index in [4.69, 9.17) is 11.5 Å². The Bertz CT molecular complexity index is 640. The SMILES string of the molecule is Cc1ccccc1C(C)Nc1ncc(N)cc1C(N)=O. The summed E-state index contributed by atoms with van der Waals surface area (Å²) in [6.07, 6.45) is 1.50. The molecule has 0 aliphatic carbocycles. The van der Waals surface area contributed by atoms with E-state index in [1.165, 1.54) is 17.8 Å². The molecule has 2 aromatic rings. The molecule has 2 rings (SSSR count). The highest BCUT2D eigenvalue weighted by Crippen LogP contribution is 2.23. The van der Waals surface area contributed by atoms with Crippen LogP contribution >= 0.6 is 0 Å². The van der Waals surface area contributed by atoms with Crippen LogP contribution in [0.3, 0.4) is 0 Å². The summed E-state index contributed by atoms with van der Waals surface area (Å²) >= 11 is 0. The van der Waals surface area contributed by atoms with Crippen molar-refractivity contribution in [3.8, 4) is 0 Å². The number of primary amides is 1. The van der Waals surface area contributed by atoms with Crippen LogP contribution in [0.1, 0.15) is 34.5 Å². The van der Waals surface area contributed by atoms with Gasteiger partial charge in [0.25, 0.3) is 5.91 Å². The molecule has 0 spiro atoms. The first kappa shape index (κ1) is 13.9. The fourth-order valence-corrected chi connectivity index (χ4v) is 2.14. The monoisotopic (exact) mass is 270 g/mol. The molecule has 1 aromatic heterocycles. The van der Waals surface area contributed by atoms with Crippen molar-refractivity contribution in [2.24, 2.45) is 5.73 Å². The second-order valence-corrected chi connectivity index (χ2v) is 4.75. The average molecular weight is 270 g/mol. The van der Waals surface area contributed by atoms with Crippen molar-refractivity contribution in [3.63, 3.8) is 0 Å². The molecule has 1 amide bonds. The highest BCUT2D eigenvalue weighted by molar-refractivity contribution is 5.98. The van der Waals surface area contributed by atoms with Gasteiger partial charge in [-0.2, -0.15) is 0 Å². The van der Waals surface area contributed by atoms with Gasteiger partial charge in [-0.05, 0) is 31.0 Å². The van der Waals surface area contributed by atoms with Crippen LogP contribution in [-0.2, 0) is 0 Å². The number of amides is 1. The number of nitrogens with zero attached hydrogens (tertiary/aromatic N) is 1. The van der Waals surface area contributed by atoms with E-state index in [1.54, 1.807) is 0 Å². The minimum atomic E-state index is -0.552. The Morgan fingerprint density at radius 3 is 2.70 bits per heavy atom. The smallest absolute Gasteiger partial charge is 0.252 e. The summed E-state index contributed by atoms with van der Waals surface area (Å²) in [7, 11) is 0. The van der Waals surface area contributed by atoms with E-state index >= 15 is 0 Å². The number of nitrogen functional groups attached to an aromatic ring is 1. The van der Waals surface area contributed by atoms with E-state index < -0.39 is 5.91 Å². The van der Waals surface area contributed by atoms with Crippen molar-refractivity contribution in [3.05, 3.63) is 53.2 Å². The van der Waals surface area contributed by atoms with E-state index in [0.717, 1.165) is 5.56 Å².